The molecule has 0 bridgehead atoms. The quantitative estimate of drug-likeness (QED) is 0.252. The Hall–Kier alpha value is -5.96. The summed E-state index contributed by atoms with van der Waals surface area (Å²) in [6, 6.07) is 0. The van der Waals surface area contributed by atoms with Crippen LogP contribution in [0.1, 0.15) is 0 Å². The zero-order valence-corrected chi connectivity index (χ0v) is 15.5. The molecule has 0 spiro atoms. The number of hydrogen-bond donors (Lipinski definition) is 0. The van der Waals surface area contributed by atoms with E-state index >= 15 is 0 Å². The molecule has 22 heteroatoms. The maximum absolute atomic E-state index is 12.3. The minimum atomic E-state index is -0.197. The lowest BCUT2D eigenvalue weighted by atomic mass is 10.2. The Bertz CT molecular complexity index is 1610. The van der Waals surface area contributed by atoms with Gasteiger partial charge in [-0.15, -0.1) is 0 Å². The maximum atomic E-state index is 12.3. The Labute approximate surface area is 179 Å². The summed E-state index contributed by atoms with van der Waals surface area (Å²) in [4.78, 5) is 0.160. The van der Waals surface area contributed by atoms with Gasteiger partial charge in [0.1, 0.15) is 0 Å². The largest absolute Gasteiger partial charge is 0.359 e. The molecule has 6 aromatic heterocycles. The zero-order chi connectivity index (χ0) is 22.6. The van der Waals surface area contributed by atoms with Gasteiger partial charge >= 0.3 is 0 Å². The third kappa shape index (κ3) is 1.77. The Kier molecular flexibility index (Phi) is 2.67. The summed E-state index contributed by atoms with van der Waals surface area (Å²) >= 11 is 0. The second kappa shape index (κ2) is 5.44. The molecule has 0 aliphatic carbocycles. The smallest absolute Gasteiger partial charge is 0.284 e. The van der Waals surface area contributed by atoms with Crippen LogP contribution < -0.4 is 19.8 Å². The number of rotatable bonds is 1. The molecule has 0 saturated heterocycles. The first-order valence-electron chi connectivity index (χ1n) is 8.83. The van der Waals surface area contributed by atoms with Crippen molar-refractivity contribution in [1.82, 2.24) is 51.6 Å². The van der Waals surface area contributed by atoms with E-state index in [4.69, 9.17) is 18.5 Å². The van der Waals surface area contributed by atoms with Crippen LogP contribution in [0.15, 0.2) is 27.8 Å². The summed E-state index contributed by atoms with van der Waals surface area (Å²) < 4.78 is 28.9. The number of hydrazine groups is 1. The number of fused-ring (bicyclic) bond motifs is 10. The van der Waals surface area contributed by atoms with Crippen molar-refractivity contribution in [1.29, 1.82) is 0 Å². The average molecular weight is 468 g/mol. The lowest BCUT2D eigenvalue weighted by molar-refractivity contribution is -0.793. The molecule has 0 N–H and O–H groups in total. The standard InChI is InChI=1S/C12N14O8/c27-25-7-1(17-33-25)3-9(19-29-13-3)23(11-5(7)15-31-21-11)24-10-4(14-30-20-10)2-8(26(28)34-18-2)6-12(24)22-32-16-6. The van der Waals surface area contributed by atoms with Gasteiger partial charge in [-0.3, -0.25) is 9.26 Å². The van der Waals surface area contributed by atoms with Crippen LogP contribution in [0.25, 0.3) is 45.6 Å². The van der Waals surface area contributed by atoms with Crippen LogP contribution in [0.4, 0.5) is 23.3 Å². The monoisotopic (exact) mass is 468 g/mol. The van der Waals surface area contributed by atoms with Crippen LogP contribution in [0, 0.1) is 10.4 Å². The van der Waals surface area contributed by atoms with E-state index in [1.165, 1.54) is 10.0 Å². The highest BCUT2D eigenvalue weighted by atomic mass is 16.8. The predicted molar refractivity (Wildman–Crippen MR) is 88.4 cm³/mol. The molecular formula is C12N14O8. The van der Waals surface area contributed by atoms with Crippen LogP contribution in [-0.2, 0) is 0 Å². The molecule has 0 atom stereocenters. The number of aromatic nitrogens is 12. The van der Waals surface area contributed by atoms with Crippen LogP contribution in [-0.4, -0.2) is 51.6 Å². The van der Waals surface area contributed by atoms with E-state index in [9.17, 15) is 10.4 Å². The Morgan fingerprint density at radius 3 is 1.21 bits per heavy atom. The molecule has 34 heavy (non-hydrogen) atoms. The van der Waals surface area contributed by atoms with Crippen molar-refractivity contribution in [2.75, 3.05) is 10.0 Å². The van der Waals surface area contributed by atoms with Gasteiger partial charge in [-0.25, -0.2) is 18.5 Å². The van der Waals surface area contributed by atoms with Gasteiger partial charge in [0.25, 0.3) is 22.8 Å². The van der Waals surface area contributed by atoms with E-state index < -0.39 is 0 Å². The first-order chi connectivity index (χ1) is 16.7. The van der Waals surface area contributed by atoms with Crippen molar-refractivity contribution in [2.45, 2.75) is 0 Å². The van der Waals surface area contributed by atoms with Crippen LogP contribution in [0.5, 0.6) is 0 Å². The maximum Gasteiger partial charge on any atom is 0.284 e. The molecule has 0 fully saturated rings. The topological polar surface area (TPSA) is 268 Å². The molecule has 2 aliphatic heterocycles. The van der Waals surface area contributed by atoms with Gasteiger partial charge in [0, 0.05) is 10.3 Å². The Balaban J connectivity index is 1.48. The van der Waals surface area contributed by atoms with Crippen molar-refractivity contribution in [3.8, 4) is 45.6 Å². The molecular weight excluding hydrogens is 468 g/mol. The Morgan fingerprint density at radius 1 is 0.441 bits per heavy atom. The molecule has 6 aromatic rings. The number of nitrogens with zero attached hydrogens (tertiary/aromatic N) is 14. The van der Waals surface area contributed by atoms with Gasteiger partial charge in [-0.1, -0.05) is 0 Å². The number of anilines is 4. The van der Waals surface area contributed by atoms with E-state index in [2.05, 4.69) is 60.8 Å². The SMILES string of the molecule is [O-][n+]1onc2c1-c1nonc1N(N1c3nonc3-c3no[n+]([O-])c3-c3nonc31)c1nonc1-2. The second-order valence-corrected chi connectivity index (χ2v) is 6.62. The Morgan fingerprint density at radius 2 is 0.794 bits per heavy atom. The molecule has 166 valence electrons. The molecule has 0 saturated carbocycles. The lowest BCUT2D eigenvalue weighted by Crippen LogP contribution is -2.38. The lowest BCUT2D eigenvalue weighted by Gasteiger charge is -2.28. The third-order valence-electron chi connectivity index (χ3n) is 5.01. The van der Waals surface area contributed by atoms with Crippen molar-refractivity contribution < 1.29 is 37.6 Å². The third-order valence-corrected chi connectivity index (χ3v) is 5.01. The normalized spacial score (nSPS) is 13.4. The number of hydrogen-bond acceptors (Lipinski definition) is 20. The molecule has 22 nitrogen and oxygen atoms in total. The van der Waals surface area contributed by atoms with Gasteiger partial charge < -0.3 is 10.4 Å². The van der Waals surface area contributed by atoms with E-state index in [-0.39, 0.29) is 78.6 Å². The molecule has 0 amide bonds. The summed E-state index contributed by atoms with van der Waals surface area (Å²) in [5, 5.41) is 65.3. The highest BCUT2D eigenvalue weighted by Gasteiger charge is 2.49. The fourth-order valence-electron chi connectivity index (χ4n) is 3.67. The summed E-state index contributed by atoms with van der Waals surface area (Å²) in [5.74, 6) is -0.468. The van der Waals surface area contributed by atoms with E-state index in [1.807, 2.05) is 0 Å². The summed E-state index contributed by atoms with van der Waals surface area (Å²) in [5.41, 5.74) is -0.885. The second-order valence-electron chi connectivity index (χ2n) is 6.62. The summed E-state index contributed by atoms with van der Waals surface area (Å²) in [7, 11) is 0. The summed E-state index contributed by atoms with van der Waals surface area (Å²) in [6.07, 6.45) is 0. The molecule has 2 aliphatic rings. The van der Waals surface area contributed by atoms with Crippen molar-refractivity contribution >= 4 is 23.3 Å². The highest BCUT2D eigenvalue weighted by Crippen LogP contribution is 2.49. The van der Waals surface area contributed by atoms with E-state index in [0.717, 1.165) is 0 Å². The zero-order valence-electron chi connectivity index (χ0n) is 15.5. The van der Waals surface area contributed by atoms with Gasteiger partial charge in [-0.05, 0) is 51.1 Å². The van der Waals surface area contributed by atoms with Gasteiger partial charge in [0.15, 0.2) is 0 Å². The van der Waals surface area contributed by atoms with Crippen LogP contribution >= 0.6 is 0 Å². The summed E-state index contributed by atoms with van der Waals surface area (Å²) in [6.45, 7) is 0. The molecule has 8 rings (SSSR count). The van der Waals surface area contributed by atoms with Gasteiger partial charge in [0.2, 0.25) is 46.0 Å². The van der Waals surface area contributed by atoms with E-state index in [0.29, 0.717) is 0 Å². The minimum absolute atomic E-state index is 0.0487. The van der Waals surface area contributed by atoms with Crippen molar-refractivity contribution in [3.63, 3.8) is 0 Å². The van der Waals surface area contributed by atoms with Crippen LogP contribution in [0.3, 0.4) is 0 Å². The van der Waals surface area contributed by atoms with Crippen molar-refractivity contribution in [3.05, 3.63) is 10.4 Å². The van der Waals surface area contributed by atoms with Crippen LogP contribution in [0.2, 0.25) is 0 Å². The fraction of sp³-hybridized carbons (Fsp3) is 0. The first-order valence-corrected chi connectivity index (χ1v) is 8.83. The van der Waals surface area contributed by atoms with Crippen molar-refractivity contribution in [2.24, 2.45) is 0 Å². The average Bonchev–Trinajstić information content (AvgIpc) is 3.63. The first kappa shape index (κ1) is 16.7. The molecule has 0 aromatic carbocycles. The molecule has 0 radical (unpaired) electrons. The minimum Gasteiger partial charge on any atom is -0.359 e. The van der Waals surface area contributed by atoms with Gasteiger partial charge in [-0.2, -0.15) is 10.0 Å². The van der Waals surface area contributed by atoms with Gasteiger partial charge in [0.05, 0.1) is 0 Å². The highest BCUT2D eigenvalue weighted by molar-refractivity contribution is 5.96. The molecule has 0 unspecified atom stereocenters. The van der Waals surface area contributed by atoms with E-state index in [1.54, 1.807) is 0 Å². The predicted octanol–water partition coefficient (Wildman–Crippen LogP) is -1.35. The molecule has 8 heterocycles. The fourth-order valence-corrected chi connectivity index (χ4v) is 3.67.